The van der Waals surface area contributed by atoms with Crippen LogP contribution < -0.4 is 9.47 Å². The van der Waals surface area contributed by atoms with Gasteiger partial charge in [-0.1, -0.05) is 25.1 Å². The normalized spacial score (nSPS) is 12.5. The van der Waals surface area contributed by atoms with Crippen LogP contribution in [-0.2, 0) is 6.61 Å². The lowest BCUT2D eigenvalue weighted by molar-refractivity contribution is 0.198. The number of methoxy groups -OCH3 is 1. The summed E-state index contributed by atoms with van der Waals surface area (Å²) in [5, 5.41) is 13.4. The van der Waals surface area contributed by atoms with E-state index in [4.69, 9.17) is 14.0 Å². The van der Waals surface area contributed by atoms with Crippen LogP contribution in [0.5, 0.6) is 11.5 Å². The van der Waals surface area contributed by atoms with Gasteiger partial charge in [0.05, 0.1) is 13.2 Å². The molecule has 0 radical (unpaired) electrons. The highest BCUT2D eigenvalue weighted by atomic mass is 16.5. The van der Waals surface area contributed by atoms with Gasteiger partial charge in [0.25, 0.3) is 0 Å². The summed E-state index contributed by atoms with van der Waals surface area (Å²) in [6.45, 7) is 5.86. The molecule has 6 nitrogen and oxygen atoms in total. The Morgan fingerprint density at radius 2 is 2.00 bits per heavy atom. The number of hydrogen-bond acceptors (Lipinski definition) is 6. The third-order valence-corrected chi connectivity index (χ3v) is 3.00. The van der Waals surface area contributed by atoms with Gasteiger partial charge in [0, 0.05) is 5.92 Å². The van der Waals surface area contributed by atoms with E-state index in [1.807, 2.05) is 13.8 Å². The fourth-order valence-electron chi connectivity index (χ4n) is 1.77. The van der Waals surface area contributed by atoms with Gasteiger partial charge in [-0.25, -0.2) is 0 Å². The topological polar surface area (TPSA) is 77.6 Å². The van der Waals surface area contributed by atoms with Gasteiger partial charge in [0.2, 0.25) is 11.7 Å². The molecule has 0 saturated heterocycles. The molecule has 1 atom stereocenters. The summed E-state index contributed by atoms with van der Waals surface area (Å²) in [6, 6.07) is 5.29. The molecule has 0 aliphatic carbocycles. The summed E-state index contributed by atoms with van der Waals surface area (Å²) in [5.74, 6) is 2.38. The van der Waals surface area contributed by atoms with E-state index in [9.17, 15) is 5.11 Å². The summed E-state index contributed by atoms with van der Waals surface area (Å²) in [4.78, 5) is 4.24. The molecule has 0 bridgehead atoms. The van der Waals surface area contributed by atoms with Crippen LogP contribution in [0, 0.1) is 0 Å². The molecule has 0 fully saturated rings. The highest BCUT2D eigenvalue weighted by Crippen LogP contribution is 2.30. The van der Waals surface area contributed by atoms with Gasteiger partial charge in [-0.15, -0.1) is 0 Å². The molecular weight excluding hydrogens is 272 g/mol. The molecule has 1 unspecified atom stereocenters. The third kappa shape index (κ3) is 3.72. The summed E-state index contributed by atoms with van der Waals surface area (Å²) >= 11 is 0. The Balaban J connectivity index is 2.08. The van der Waals surface area contributed by atoms with Crippen molar-refractivity contribution in [3.8, 4) is 11.5 Å². The van der Waals surface area contributed by atoms with Crippen molar-refractivity contribution >= 4 is 0 Å². The second-order valence-corrected chi connectivity index (χ2v) is 5.08. The first-order valence-electron chi connectivity index (χ1n) is 6.82. The number of benzene rings is 1. The van der Waals surface area contributed by atoms with Crippen molar-refractivity contribution < 1.29 is 19.1 Å². The second kappa shape index (κ2) is 6.58. The fraction of sp³-hybridized carbons (Fsp3) is 0.467. The maximum absolute atomic E-state index is 9.57. The minimum atomic E-state index is -0.557. The molecule has 1 N–H and O–H groups in total. The van der Waals surface area contributed by atoms with Crippen molar-refractivity contribution in [2.45, 2.75) is 39.4 Å². The Hall–Kier alpha value is -2.08. The maximum Gasteiger partial charge on any atom is 0.229 e. The molecule has 0 amide bonds. The number of nitrogens with zero attached hydrogens (tertiary/aromatic N) is 2. The van der Waals surface area contributed by atoms with Gasteiger partial charge in [-0.05, 0) is 24.6 Å². The van der Waals surface area contributed by atoms with Crippen LogP contribution in [0.3, 0.4) is 0 Å². The van der Waals surface area contributed by atoms with Gasteiger partial charge < -0.3 is 19.1 Å². The zero-order valence-corrected chi connectivity index (χ0v) is 12.7. The molecule has 1 aromatic carbocycles. The lowest BCUT2D eigenvalue weighted by Crippen LogP contribution is -2.01. The van der Waals surface area contributed by atoms with Gasteiger partial charge >= 0.3 is 0 Å². The van der Waals surface area contributed by atoms with Crippen LogP contribution in [-0.4, -0.2) is 22.4 Å². The van der Waals surface area contributed by atoms with Gasteiger partial charge in [-0.3, -0.25) is 0 Å². The number of ether oxygens (including phenoxy) is 2. The summed E-state index contributed by atoms with van der Waals surface area (Å²) in [7, 11) is 1.55. The zero-order chi connectivity index (χ0) is 15.4. The molecule has 1 heterocycles. The van der Waals surface area contributed by atoms with Gasteiger partial charge in [0.1, 0.15) is 0 Å². The Labute approximate surface area is 123 Å². The third-order valence-electron chi connectivity index (χ3n) is 3.00. The summed E-state index contributed by atoms with van der Waals surface area (Å²) < 4.78 is 16.0. The molecule has 114 valence electrons. The lowest BCUT2D eigenvalue weighted by Gasteiger charge is -2.12. The molecule has 21 heavy (non-hydrogen) atoms. The van der Waals surface area contributed by atoms with E-state index in [1.165, 1.54) is 0 Å². The van der Waals surface area contributed by atoms with Crippen LogP contribution in [0.4, 0.5) is 0 Å². The van der Waals surface area contributed by atoms with E-state index in [0.717, 1.165) is 5.56 Å². The van der Waals surface area contributed by atoms with Gasteiger partial charge in [-0.2, -0.15) is 4.98 Å². The van der Waals surface area contributed by atoms with E-state index >= 15 is 0 Å². The first kappa shape index (κ1) is 15.3. The van der Waals surface area contributed by atoms with Crippen LogP contribution in [0.1, 0.15) is 50.1 Å². The second-order valence-electron chi connectivity index (χ2n) is 5.08. The molecule has 2 aromatic rings. The van der Waals surface area contributed by atoms with Crippen LogP contribution in [0.25, 0.3) is 0 Å². The minimum absolute atomic E-state index is 0.186. The maximum atomic E-state index is 9.57. The first-order valence-corrected chi connectivity index (χ1v) is 6.82. The molecule has 0 spiro atoms. The Bertz CT molecular complexity index is 593. The zero-order valence-electron chi connectivity index (χ0n) is 12.7. The molecule has 0 aliphatic heterocycles. The molecule has 6 heteroatoms. The molecule has 2 rings (SSSR count). The van der Waals surface area contributed by atoms with E-state index in [2.05, 4.69) is 10.1 Å². The quantitative estimate of drug-likeness (QED) is 0.882. The van der Waals surface area contributed by atoms with E-state index < -0.39 is 6.10 Å². The first-order chi connectivity index (χ1) is 10.0. The smallest absolute Gasteiger partial charge is 0.229 e. The average molecular weight is 292 g/mol. The monoisotopic (exact) mass is 292 g/mol. The van der Waals surface area contributed by atoms with Crippen LogP contribution in [0.15, 0.2) is 22.7 Å². The Morgan fingerprint density at radius 3 is 2.57 bits per heavy atom. The summed E-state index contributed by atoms with van der Waals surface area (Å²) in [5.41, 5.74) is 0.765. The van der Waals surface area contributed by atoms with E-state index in [0.29, 0.717) is 23.2 Å². The summed E-state index contributed by atoms with van der Waals surface area (Å²) in [6.07, 6.45) is -0.557. The van der Waals surface area contributed by atoms with E-state index in [-0.39, 0.29) is 12.5 Å². The fourth-order valence-corrected chi connectivity index (χ4v) is 1.77. The average Bonchev–Trinajstić information content (AvgIpc) is 2.93. The largest absolute Gasteiger partial charge is 0.493 e. The van der Waals surface area contributed by atoms with Crippen molar-refractivity contribution in [1.29, 1.82) is 0 Å². The molecule has 1 aromatic heterocycles. The van der Waals surface area contributed by atoms with Crippen LogP contribution >= 0.6 is 0 Å². The standard InChI is InChI=1S/C15H20N2O4/c1-9(2)15-16-14(17-21-15)8-20-12-6-5-11(10(3)18)7-13(12)19-4/h5-7,9-10,18H,8H2,1-4H3. The van der Waals surface area contributed by atoms with Gasteiger partial charge in [0.15, 0.2) is 18.1 Å². The predicted octanol–water partition coefficient (Wildman–Crippen LogP) is 2.83. The predicted molar refractivity (Wildman–Crippen MR) is 76.3 cm³/mol. The Morgan fingerprint density at radius 1 is 1.24 bits per heavy atom. The van der Waals surface area contributed by atoms with Crippen LogP contribution in [0.2, 0.25) is 0 Å². The van der Waals surface area contributed by atoms with Crippen molar-refractivity contribution in [3.05, 3.63) is 35.5 Å². The molecule has 0 saturated carbocycles. The number of rotatable bonds is 6. The minimum Gasteiger partial charge on any atom is -0.493 e. The Kier molecular flexibility index (Phi) is 4.80. The van der Waals surface area contributed by atoms with Crippen molar-refractivity contribution in [3.63, 3.8) is 0 Å². The molecule has 0 aliphatic rings. The van der Waals surface area contributed by atoms with E-state index in [1.54, 1.807) is 32.2 Å². The SMILES string of the molecule is COc1cc(C(C)O)ccc1OCc1noc(C(C)C)n1. The van der Waals surface area contributed by atoms with Crippen molar-refractivity contribution in [1.82, 2.24) is 10.1 Å². The number of aliphatic hydroxyl groups excluding tert-OH is 1. The lowest BCUT2D eigenvalue weighted by atomic mass is 10.1. The number of aromatic nitrogens is 2. The molecular formula is C15H20N2O4. The highest BCUT2D eigenvalue weighted by Gasteiger charge is 2.12. The highest BCUT2D eigenvalue weighted by molar-refractivity contribution is 5.43. The van der Waals surface area contributed by atoms with Crippen molar-refractivity contribution in [2.24, 2.45) is 0 Å². The number of hydrogen-bond donors (Lipinski definition) is 1. The van der Waals surface area contributed by atoms with Crippen molar-refractivity contribution in [2.75, 3.05) is 7.11 Å². The number of aliphatic hydroxyl groups is 1.